The van der Waals surface area contributed by atoms with Crippen LogP contribution in [-0.4, -0.2) is 26.0 Å². The summed E-state index contributed by atoms with van der Waals surface area (Å²) in [5, 5.41) is 2.72. The van der Waals surface area contributed by atoms with Crippen molar-refractivity contribution in [2.24, 2.45) is 0 Å². The summed E-state index contributed by atoms with van der Waals surface area (Å²) >= 11 is 5.61. The van der Waals surface area contributed by atoms with E-state index in [2.05, 4.69) is 5.32 Å². The Hall–Kier alpha value is -0.980. The Morgan fingerprint density at radius 1 is 1.20 bits per heavy atom. The molecular formula is C13H17ClF3NO2. The van der Waals surface area contributed by atoms with Gasteiger partial charge in [0.2, 0.25) is 0 Å². The van der Waals surface area contributed by atoms with E-state index in [0.717, 1.165) is 6.07 Å². The van der Waals surface area contributed by atoms with Crippen LogP contribution in [0.2, 0.25) is 5.02 Å². The van der Waals surface area contributed by atoms with Crippen LogP contribution in [0.5, 0.6) is 0 Å². The zero-order valence-corrected chi connectivity index (χ0v) is 12.0. The predicted octanol–water partition coefficient (Wildman–Crippen LogP) is 4.17. The van der Waals surface area contributed by atoms with Crippen LogP contribution in [0.15, 0.2) is 18.2 Å². The van der Waals surface area contributed by atoms with Gasteiger partial charge >= 0.3 is 6.18 Å². The van der Waals surface area contributed by atoms with Crippen LogP contribution in [0, 0.1) is 0 Å². The molecule has 0 aromatic heterocycles. The normalized spacial score (nSPS) is 11.9. The van der Waals surface area contributed by atoms with Crippen molar-refractivity contribution in [1.29, 1.82) is 0 Å². The molecule has 0 aliphatic carbocycles. The summed E-state index contributed by atoms with van der Waals surface area (Å²) in [6.07, 6.45) is -5.07. The SMILES string of the molecule is CCOC(CNc1ccc(Cl)cc1C(F)(F)F)OCC. The Morgan fingerprint density at radius 3 is 2.30 bits per heavy atom. The molecule has 0 unspecified atom stereocenters. The lowest BCUT2D eigenvalue weighted by atomic mass is 10.1. The highest BCUT2D eigenvalue weighted by molar-refractivity contribution is 6.30. The fourth-order valence-electron chi connectivity index (χ4n) is 1.64. The molecule has 0 spiro atoms. The number of benzene rings is 1. The number of hydrogen-bond donors (Lipinski definition) is 1. The number of halogens is 4. The van der Waals surface area contributed by atoms with Crippen molar-refractivity contribution in [3.63, 3.8) is 0 Å². The first-order chi connectivity index (χ1) is 9.38. The predicted molar refractivity (Wildman–Crippen MR) is 72.0 cm³/mol. The molecule has 0 saturated carbocycles. The Labute approximate surface area is 121 Å². The maximum absolute atomic E-state index is 12.9. The molecule has 1 aromatic rings. The molecule has 0 radical (unpaired) electrons. The molecule has 1 aromatic carbocycles. The van der Waals surface area contributed by atoms with Crippen molar-refractivity contribution >= 4 is 17.3 Å². The molecule has 0 fully saturated rings. The Morgan fingerprint density at radius 2 is 1.80 bits per heavy atom. The number of hydrogen-bond acceptors (Lipinski definition) is 3. The summed E-state index contributed by atoms with van der Waals surface area (Å²) < 4.78 is 49.2. The van der Waals surface area contributed by atoms with E-state index in [9.17, 15) is 13.2 Å². The highest BCUT2D eigenvalue weighted by atomic mass is 35.5. The van der Waals surface area contributed by atoms with Crippen molar-refractivity contribution in [1.82, 2.24) is 0 Å². The molecule has 1 N–H and O–H groups in total. The lowest BCUT2D eigenvalue weighted by molar-refractivity contribution is -0.137. The third-order valence-corrected chi connectivity index (χ3v) is 2.69. The van der Waals surface area contributed by atoms with Gasteiger partial charge in [0.25, 0.3) is 0 Å². The molecule has 114 valence electrons. The first-order valence-electron chi connectivity index (χ1n) is 6.22. The van der Waals surface area contributed by atoms with Gasteiger partial charge in [-0.2, -0.15) is 13.2 Å². The van der Waals surface area contributed by atoms with E-state index in [1.165, 1.54) is 12.1 Å². The average molecular weight is 312 g/mol. The largest absolute Gasteiger partial charge is 0.418 e. The summed E-state index contributed by atoms with van der Waals surface area (Å²) in [6.45, 7) is 4.52. The summed E-state index contributed by atoms with van der Waals surface area (Å²) in [7, 11) is 0. The minimum absolute atomic E-state index is 0.0361. The first-order valence-corrected chi connectivity index (χ1v) is 6.60. The quantitative estimate of drug-likeness (QED) is 0.767. The summed E-state index contributed by atoms with van der Waals surface area (Å²) in [5.74, 6) is 0. The topological polar surface area (TPSA) is 30.5 Å². The van der Waals surface area contributed by atoms with Gasteiger partial charge in [0.1, 0.15) is 0 Å². The molecule has 0 aliphatic heterocycles. The van der Waals surface area contributed by atoms with E-state index < -0.39 is 18.0 Å². The van der Waals surface area contributed by atoms with E-state index >= 15 is 0 Å². The van der Waals surface area contributed by atoms with Crippen LogP contribution < -0.4 is 5.32 Å². The van der Waals surface area contributed by atoms with Gasteiger partial charge in [-0.1, -0.05) is 11.6 Å². The Bertz CT molecular complexity index is 421. The zero-order chi connectivity index (χ0) is 15.2. The number of nitrogens with one attached hydrogen (secondary N) is 1. The van der Waals surface area contributed by atoms with Gasteiger partial charge in [0.05, 0.1) is 12.1 Å². The van der Waals surface area contributed by atoms with E-state index in [1.54, 1.807) is 13.8 Å². The fourth-order valence-corrected chi connectivity index (χ4v) is 1.81. The van der Waals surface area contributed by atoms with Gasteiger partial charge in [-0.25, -0.2) is 0 Å². The standard InChI is InChI=1S/C13H17ClF3NO2/c1-3-19-12(20-4-2)8-18-11-6-5-9(14)7-10(11)13(15,16)17/h5-7,12,18H,3-4,8H2,1-2H3. The van der Waals surface area contributed by atoms with Crippen LogP contribution in [-0.2, 0) is 15.7 Å². The Balaban J connectivity index is 2.81. The van der Waals surface area contributed by atoms with Crippen molar-refractivity contribution in [2.45, 2.75) is 26.3 Å². The molecule has 1 rings (SSSR count). The molecule has 0 aliphatic rings. The second-order valence-corrected chi connectivity index (χ2v) is 4.35. The molecule has 7 heteroatoms. The molecule has 0 heterocycles. The molecule has 3 nitrogen and oxygen atoms in total. The number of rotatable bonds is 7. The van der Waals surface area contributed by atoms with Crippen molar-refractivity contribution in [3.8, 4) is 0 Å². The maximum atomic E-state index is 12.9. The highest BCUT2D eigenvalue weighted by Crippen LogP contribution is 2.36. The minimum atomic E-state index is -4.47. The molecule has 0 bridgehead atoms. The van der Waals surface area contributed by atoms with E-state index in [-0.39, 0.29) is 17.3 Å². The van der Waals surface area contributed by atoms with Crippen LogP contribution in [0.4, 0.5) is 18.9 Å². The second kappa shape index (κ2) is 7.71. The van der Waals surface area contributed by atoms with Crippen molar-refractivity contribution in [2.75, 3.05) is 25.1 Å². The smallest absolute Gasteiger partial charge is 0.379 e. The highest BCUT2D eigenvalue weighted by Gasteiger charge is 2.33. The monoisotopic (exact) mass is 311 g/mol. The molecular weight excluding hydrogens is 295 g/mol. The third-order valence-electron chi connectivity index (χ3n) is 2.45. The Kier molecular flexibility index (Phi) is 6.58. The van der Waals surface area contributed by atoms with Gasteiger partial charge in [-0.15, -0.1) is 0 Å². The number of alkyl halides is 3. The van der Waals surface area contributed by atoms with Gasteiger partial charge in [-0.3, -0.25) is 0 Å². The summed E-state index contributed by atoms with van der Waals surface area (Å²) in [4.78, 5) is 0. The van der Waals surface area contributed by atoms with Gasteiger partial charge in [-0.05, 0) is 32.0 Å². The second-order valence-electron chi connectivity index (χ2n) is 3.91. The molecule has 0 atom stereocenters. The van der Waals surface area contributed by atoms with Crippen LogP contribution >= 0.6 is 11.6 Å². The van der Waals surface area contributed by atoms with Gasteiger partial charge < -0.3 is 14.8 Å². The average Bonchev–Trinajstić information content (AvgIpc) is 2.36. The van der Waals surface area contributed by atoms with Crippen LogP contribution in [0.3, 0.4) is 0 Å². The number of anilines is 1. The van der Waals surface area contributed by atoms with Crippen LogP contribution in [0.1, 0.15) is 19.4 Å². The van der Waals surface area contributed by atoms with Crippen molar-refractivity contribution in [3.05, 3.63) is 28.8 Å². The van der Waals surface area contributed by atoms with Crippen LogP contribution in [0.25, 0.3) is 0 Å². The van der Waals surface area contributed by atoms with Crippen molar-refractivity contribution < 1.29 is 22.6 Å². The number of ether oxygens (including phenoxy) is 2. The molecule has 0 saturated heterocycles. The lowest BCUT2D eigenvalue weighted by Crippen LogP contribution is -2.27. The first kappa shape index (κ1) is 17.1. The molecule has 0 amide bonds. The summed E-state index contributed by atoms with van der Waals surface area (Å²) in [6, 6.07) is 3.58. The van der Waals surface area contributed by atoms with E-state index in [1.807, 2.05) is 0 Å². The summed E-state index contributed by atoms with van der Waals surface area (Å²) in [5.41, 5.74) is -0.858. The lowest BCUT2D eigenvalue weighted by Gasteiger charge is -2.20. The minimum Gasteiger partial charge on any atom is -0.379 e. The van der Waals surface area contributed by atoms with E-state index in [4.69, 9.17) is 21.1 Å². The maximum Gasteiger partial charge on any atom is 0.418 e. The molecule has 20 heavy (non-hydrogen) atoms. The fraction of sp³-hybridized carbons (Fsp3) is 0.538. The van der Waals surface area contributed by atoms with Gasteiger partial charge in [0, 0.05) is 23.9 Å². The third kappa shape index (κ3) is 5.19. The van der Waals surface area contributed by atoms with Gasteiger partial charge in [0.15, 0.2) is 6.29 Å². The zero-order valence-electron chi connectivity index (χ0n) is 11.3. The van der Waals surface area contributed by atoms with E-state index in [0.29, 0.717) is 13.2 Å².